The third kappa shape index (κ3) is 3.28. The molecular weight excluding hydrogens is 254 g/mol. The van der Waals surface area contributed by atoms with Crippen LogP contribution in [0.1, 0.15) is 37.0 Å². The number of piperidine rings is 1. The summed E-state index contributed by atoms with van der Waals surface area (Å²) in [6.07, 6.45) is 4.75. The number of hydrogen-bond acceptors (Lipinski definition) is 4. The Morgan fingerprint density at radius 3 is 2.85 bits per heavy atom. The van der Waals surface area contributed by atoms with Crippen LogP contribution in [0.5, 0.6) is 0 Å². The van der Waals surface area contributed by atoms with Gasteiger partial charge in [-0.1, -0.05) is 0 Å². The van der Waals surface area contributed by atoms with Crippen molar-refractivity contribution in [3.05, 3.63) is 24.0 Å². The average Bonchev–Trinajstić information content (AvgIpc) is 2.47. The molecule has 1 aliphatic heterocycles. The zero-order chi connectivity index (χ0) is 14.5. The van der Waals surface area contributed by atoms with Crippen LogP contribution in [0.25, 0.3) is 0 Å². The lowest BCUT2D eigenvalue weighted by Gasteiger charge is -2.33. The van der Waals surface area contributed by atoms with Gasteiger partial charge in [0.1, 0.15) is 0 Å². The largest absolute Gasteiger partial charge is 0.393 e. The Morgan fingerprint density at radius 1 is 1.55 bits per heavy atom. The molecule has 20 heavy (non-hydrogen) atoms. The molecule has 1 amide bonds. The Labute approximate surface area is 120 Å². The van der Waals surface area contributed by atoms with Crippen molar-refractivity contribution in [2.24, 2.45) is 5.92 Å². The molecule has 0 bridgehead atoms. The van der Waals surface area contributed by atoms with E-state index in [2.05, 4.69) is 10.3 Å². The fraction of sp³-hybridized carbons (Fsp3) is 0.600. The number of nitrogens with one attached hydrogen (secondary N) is 1. The first kappa shape index (κ1) is 14.8. The van der Waals surface area contributed by atoms with Crippen LogP contribution in [0, 0.1) is 5.92 Å². The Bertz CT molecular complexity index is 454. The highest BCUT2D eigenvalue weighted by Crippen LogP contribution is 2.23. The molecule has 0 saturated carbocycles. The maximum atomic E-state index is 12.6. The summed E-state index contributed by atoms with van der Waals surface area (Å²) in [6, 6.07) is 1.83. The molecule has 1 aromatic heterocycles. The molecule has 1 unspecified atom stereocenters. The number of aliphatic hydroxyl groups is 1. The number of nitrogens with zero attached hydrogens (tertiary/aromatic N) is 2. The molecule has 2 rings (SSSR count). The monoisotopic (exact) mass is 277 g/mol. The highest BCUT2D eigenvalue weighted by molar-refractivity contribution is 5.99. The fourth-order valence-electron chi connectivity index (χ4n) is 2.66. The predicted molar refractivity (Wildman–Crippen MR) is 78.7 cm³/mol. The lowest BCUT2D eigenvalue weighted by atomic mass is 9.92. The van der Waals surface area contributed by atoms with Gasteiger partial charge in [0.2, 0.25) is 0 Å². The number of anilines is 1. The Hall–Kier alpha value is -1.62. The maximum absolute atomic E-state index is 12.6. The van der Waals surface area contributed by atoms with Gasteiger partial charge in [-0.3, -0.25) is 9.78 Å². The summed E-state index contributed by atoms with van der Waals surface area (Å²) in [4.78, 5) is 18.5. The minimum atomic E-state index is -0.289. The number of hydrogen-bond donors (Lipinski definition) is 2. The van der Waals surface area contributed by atoms with Gasteiger partial charge in [-0.25, -0.2) is 0 Å². The number of likely N-dealkylation sites (tertiary alicyclic amines) is 1. The lowest BCUT2D eigenvalue weighted by molar-refractivity contribution is 0.0522. The van der Waals surface area contributed by atoms with Gasteiger partial charge in [0, 0.05) is 32.0 Å². The van der Waals surface area contributed by atoms with Crippen molar-refractivity contribution in [3.63, 3.8) is 0 Å². The number of pyridine rings is 1. The van der Waals surface area contributed by atoms with Crippen molar-refractivity contribution in [1.82, 2.24) is 9.88 Å². The molecule has 2 heterocycles. The molecule has 0 aromatic carbocycles. The molecule has 1 aromatic rings. The summed E-state index contributed by atoms with van der Waals surface area (Å²) >= 11 is 0. The van der Waals surface area contributed by atoms with E-state index in [1.165, 1.54) is 0 Å². The molecule has 5 heteroatoms. The quantitative estimate of drug-likeness (QED) is 0.880. The van der Waals surface area contributed by atoms with Crippen LogP contribution in [0.4, 0.5) is 5.69 Å². The van der Waals surface area contributed by atoms with E-state index in [1.54, 1.807) is 12.4 Å². The summed E-state index contributed by atoms with van der Waals surface area (Å²) in [5, 5.41) is 12.8. The molecule has 110 valence electrons. The summed E-state index contributed by atoms with van der Waals surface area (Å²) in [5.41, 5.74) is 1.47. The molecular formula is C15H23N3O2. The number of carbonyl (C=O) groups is 1. The van der Waals surface area contributed by atoms with Crippen LogP contribution >= 0.6 is 0 Å². The molecule has 2 N–H and O–H groups in total. The minimum absolute atomic E-state index is 0.0260. The van der Waals surface area contributed by atoms with E-state index in [1.807, 2.05) is 24.8 Å². The Balaban J connectivity index is 2.05. The van der Waals surface area contributed by atoms with Crippen molar-refractivity contribution < 1.29 is 9.90 Å². The summed E-state index contributed by atoms with van der Waals surface area (Å²) in [7, 11) is 0. The van der Waals surface area contributed by atoms with Crippen LogP contribution < -0.4 is 5.32 Å². The van der Waals surface area contributed by atoms with E-state index in [9.17, 15) is 9.90 Å². The van der Waals surface area contributed by atoms with Crippen molar-refractivity contribution in [3.8, 4) is 0 Å². The maximum Gasteiger partial charge on any atom is 0.257 e. The van der Waals surface area contributed by atoms with E-state index < -0.39 is 0 Å². The fourth-order valence-corrected chi connectivity index (χ4v) is 2.66. The predicted octanol–water partition coefficient (Wildman–Crippen LogP) is 1.75. The lowest BCUT2D eigenvalue weighted by Crippen LogP contribution is -2.41. The normalized spacial score (nSPS) is 17.9. The molecule has 0 spiro atoms. The Morgan fingerprint density at radius 2 is 2.25 bits per heavy atom. The van der Waals surface area contributed by atoms with Gasteiger partial charge in [-0.2, -0.15) is 0 Å². The van der Waals surface area contributed by atoms with Gasteiger partial charge in [0.15, 0.2) is 0 Å². The molecule has 1 saturated heterocycles. The smallest absolute Gasteiger partial charge is 0.257 e. The highest BCUT2D eigenvalue weighted by atomic mass is 16.3. The molecule has 1 atom stereocenters. The second kappa shape index (κ2) is 6.70. The van der Waals surface area contributed by atoms with E-state index in [0.29, 0.717) is 24.6 Å². The van der Waals surface area contributed by atoms with Crippen LogP contribution in [0.2, 0.25) is 0 Å². The third-order valence-electron chi connectivity index (χ3n) is 3.93. The second-order valence-corrected chi connectivity index (χ2v) is 5.32. The van der Waals surface area contributed by atoms with Gasteiger partial charge >= 0.3 is 0 Å². The number of aliphatic hydroxyl groups excluding tert-OH is 1. The van der Waals surface area contributed by atoms with Gasteiger partial charge in [0.05, 0.1) is 17.4 Å². The number of amides is 1. The summed E-state index contributed by atoms with van der Waals surface area (Å²) < 4.78 is 0. The minimum Gasteiger partial charge on any atom is -0.393 e. The van der Waals surface area contributed by atoms with Crippen LogP contribution in [0.3, 0.4) is 0 Å². The zero-order valence-corrected chi connectivity index (χ0v) is 12.2. The van der Waals surface area contributed by atoms with Crippen molar-refractivity contribution >= 4 is 11.6 Å². The van der Waals surface area contributed by atoms with E-state index >= 15 is 0 Å². The summed E-state index contributed by atoms with van der Waals surface area (Å²) in [5.74, 6) is 0.333. The number of rotatable bonds is 4. The van der Waals surface area contributed by atoms with Gasteiger partial charge in [-0.05, 0) is 38.7 Å². The Kier molecular flexibility index (Phi) is 4.95. The molecule has 5 nitrogen and oxygen atoms in total. The standard InChI is InChI=1S/C15H23N3O2/c1-3-17-14-4-7-16-10-13(14)15(20)18-8-5-12(6-9-18)11(2)19/h4,7,10-12,19H,3,5-6,8-9H2,1-2H3,(H,16,17). The van der Waals surface area contributed by atoms with Gasteiger partial charge in [0.25, 0.3) is 5.91 Å². The third-order valence-corrected chi connectivity index (χ3v) is 3.93. The molecule has 0 aliphatic carbocycles. The van der Waals surface area contributed by atoms with Gasteiger partial charge < -0.3 is 15.3 Å². The van der Waals surface area contributed by atoms with Crippen LogP contribution in [0.15, 0.2) is 18.5 Å². The van der Waals surface area contributed by atoms with E-state index in [-0.39, 0.29) is 12.0 Å². The van der Waals surface area contributed by atoms with E-state index in [4.69, 9.17) is 0 Å². The van der Waals surface area contributed by atoms with E-state index in [0.717, 1.165) is 25.1 Å². The first-order valence-electron chi connectivity index (χ1n) is 7.28. The summed E-state index contributed by atoms with van der Waals surface area (Å²) in [6.45, 7) is 6.01. The number of aromatic nitrogens is 1. The van der Waals surface area contributed by atoms with Gasteiger partial charge in [-0.15, -0.1) is 0 Å². The number of carbonyl (C=O) groups excluding carboxylic acids is 1. The first-order chi connectivity index (χ1) is 9.63. The van der Waals surface area contributed by atoms with Crippen molar-refractivity contribution in [1.29, 1.82) is 0 Å². The first-order valence-corrected chi connectivity index (χ1v) is 7.28. The molecule has 1 aliphatic rings. The molecule has 0 radical (unpaired) electrons. The van der Waals surface area contributed by atoms with Crippen molar-refractivity contribution in [2.45, 2.75) is 32.8 Å². The second-order valence-electron chi connectivity index (χ2n) is 5.32. The van der Waals surface area contributed by atoms with Crippen molar-refractivity contribution in [2.75, 3.05) is 25.0 Å². The zero-order valence-electron chi connectivity index (χ0n) is 12.2. The highest BCUT2D eigenvalue weighted by Gasteiger charge is 2.27. The van der Waals surface area contributed by atoms with Crippen LogP contribution in [-0.4, -0.2) is 46.6 Å². The molecule has 1 fully saturated rings. The average molecular weight is 277 g/mol. The van der Waals surface area contributed by atoms with Crippen LogP contribution in [-0.2, 0) is 0 Å². The SMILES string of the molecule is CCNc1ccncc1C(=O)N1CCC(C(C)O)CC1. The topological polar surface area (TPSA) is 65.5 Å².